The average Bonchev–Trinajstić information content (AvgIpc) is 2.66. The van der Waals surface area contributed by atoms with Gasteiger partial charge in [0.15, 0.2) is 11.5 Å². The highest BCUT2D eigenvalue weighted by Gasteiger charge is 2.40. The minimum absolute atomic E-state index is 0.219. The smallest absolute Gasteiger partial charge is 0.311 e. The molecule has 0 aliphatic carbocycles. The zero-order chi connectivity index (χ0) is 18.3. The lowest BCUT2D eigenvalue weighted by molar-refractivity contribution is -0.139. The minimum atomic E-state index is -0.871. The fraction of sp³-hybridized carbons (Fsp3) is 0.300. The van der Waals surface area contributed by atoms with Gasteiger partial charge in [0, 0.05) is 12.2 Å². The van der Waals surface area contributed by atoms with Crippen molar-refractivity contribution in [3.8, 4) is 11.5 Å². The molecule has 26 heavy (non-hydrogen) atoms. The first-order valence-electron chi connectivity index (χ1n) is 8.61. The molecule has 2 aromatic carbocycles. The van der Waals surface area contributed by atoms with E-state index in [1.54, 1.807) is 48.2 Å². The van der Waals surface area contributed by atoms with Crippen LogP contribution in [0.15, 0.2) is 48.5 Å². The zero-order valence-corrected chi connectivity index (χ0v) is 14.3. The fourth-order valence-corrected chi connectivity index (χ4v) is 3.59. The number of nitrogens with zero attached hydrogens (tertiary/aromatic N) is 1. The Morgan fingerprint density at radius 3 is 2.42 bits per heavy atom. The van der Waals surface area contributed by atoms with Gasteiger partial charge in [-0.05, 0) is 37.1 Å². The first-order chi connectivity index (χ1) is 12.6. The Bertz CT molecular complexity index is 865. The molecule has 134 valence electrons. The molecule has 0 fully saturated rings. The minimum Gasteiger partial charge on any atom is -0.482 e. The molecule has 2 aromatic rings. The molecule has 3 unspecified atom stereocenters. The summed E-state index contributed by atoms with van der Waals surface area (Å²) in [5.41, 5.74) is 1.29. The molecular weight excluding hydrogens is 334 g/mol. The van der Waals surface area contributed by atoms with Gasteiger partial charge < -0.3 is 19.5 Å². The van der Waals surface area contributed by atoms with Crippen LogP contribution in [-0.2, 0) is 9.59 Å². The Morgan fingerprint density at radius 2 is 1.69 bits per heavy atom. The number of aliphatic carboxylic acids is 1. The Hall–Kier alpha value is -3.02. The molecule has 2 heterocycles. The summed E-state index contributed by atoms with van der Waals surface area (Å²) in [5.74, 6) is -0.531. The summed E-state index contributed by atoms with van der Waals surface area (Å²) in [6.45, 7) is 2.13. The number of fused-ring (bicyclic) bond motifs is 2. The van der Waals surface area contributed by atoms with Crippen molar-refractivity contribution in [2.24, 2.45) is 0 Å². The van der Waals surface area contributed by atoms with Gasteiger partial charge in [-0.1, -0.05) is 30.3 Å². The second-order valence-electron chi connectivity index (χ2n) is 6.54. The number of hydrogen-bond donors (Lipinski definition) is 1. The molecule has 0 aromatic heterocycles. The summed E-state index contributed by atoms with van der Waals surface area (Å²) in [7, 11) is 0. The van der Waals surface area contributed by atoms with Gasteiger partial charge in [-0.15, -0.1) is 0 Å². The Morgan fingerprint density at radius 1 is 1.04 bits per heavy atom. The SMILES string of the molecule is CC1Oc2ccccc2OC1C(=O)N1CCC(C(=O)O)c2ccccc21. The summed E-state index contributed by atoms with van der Waals surface area (Å²) in [6.07, 6.45) is -0.850. The number of benzene rings is 2. The van der Waals surface area contributed by atoms with Gasteiger partial charge in [0.25, 0.3) is 5.91 Å². The molecule has 0 saturated carbocycles. The third kappa shape index (κ3) is 2.67. The van der Waals surface area contributed by atoms with Crippen molar-refractivity contribution < 1.29 is 24.2 Å². The number of anilines is 1. The molecule has 0 spiro atoms. The lowest BCUT2D eigenvalue weighted by atomic mass is 9.89. The third-order valence-corrected chi connectivity index (χ3v) is 4.89. The predicted octanol–water partition coefficient (Wildman–Crippen LogP) is 2.82. The number of para-hydroxylation sites is 3. The van der Waals surface area contributed by atoms with Gasteiger partial charge in [-0.3, -0.25) is 9.59 Å². The van der Waals surface area contributed by atoms with E-state index in [0.717, 1.165) is 0 Å². The van der Waals surface area contributed by atoms with Crippen LogP contribution in [0, 0.1) is 0 Å². The van der Waals surface area contributed by atoms with E-state index in [4.69, 9.17) is 9.47 Å². The molecule has 3 atom stereocenters. The van der Waals surface area contributed by atoms with E-state index in [2.05, 4.69) is 0 Å². The first-order valence-corrected chi connectivity index (χ1v) is 8.61. The highest BCUT2D eigenvalue weighted by molar-refractivity contribution is 5.99. The second kappa shape index (κ2) is 6.37. The van der Waals surface area contributed by atoms with Gasteiger partial charge in [-0.25, -0.2) is 0 Å². The van der Waals surface area contributed by atoms with E-state index in [1.165, 1.54) is 0 Å². The third-order valence-electron chi connectivity index (χ3n) is 4.89. The highest BCUT2D eigenvalue weighted by atomic mass is 16.6. The van der Waals surface area contributed by atoms with Gasteiger partial charge >= 0.3 is 5.97 Å². The number of carbonyl (C=O) groups excluding carboxylic acids is 1. The van der Waals surface area contributed by atoms with Crippen LogP contribution >= 0.6 is 0 Å². The van der Waals surface area contributed by atoms with Gasteiger partial charge in [0.2, 0.25) is 6.10 Å². The van der Waals surface area contributed by atoms with Crippen molar-refractivity contribution in [1.29, 1.82) is 0 Å². The maximum atomic E-state index is 13.2. The number of carboxylic acids is 1. The fourth-order valence-electron chi connectivity index (χ4n) is 3.59. The average molecular weight is 353 g/mol. The quantitative estimate of drug-likeness (QED) is 0.898. The first kappa shape index (κ1) is 16.4. The van der Waals surface area contributed by atoms with E-state index < -0.39 is 24.1 Å². The van der Waals surface area contributed by atoms with Crippen LogP contribution < -0.4 is 14.4 Å². The standard InChI is InChI=1S/C20H19NO5/c1-12-18(26-17-9-5-4-8-16(17)25-12)19(22)21-11-10-14(20(23)24)13-6-2-3-7-15(13)21/h2-9,12,14,18H,10-11H2,1H3,(H,23,24). The molecule has 4 rings (SSSR count). The number of amides is 1. The largest absolute Gasteiger partial charge is 0.482 e. The van der Waals surface area contributed by atoms with Crippen LogP contribution in [0.4, 0.5) is 5.69 Å². The summed E-state index contributed by atoms with van der Waals surface area (Å²) in [6, 6.07) is 14.4. The van der Waals surface area contributed by atoms with Crippen molar-refractivity contribution in [3.05, 3.63) is 54.1 Å². The zero-order valence-electron chi connectivity index (χ0n) is 14.3. The van der Waals surface area contributed by atoms with Crippen LogP contribution in [-0.4, -0.2) is 35.7 Å². The van der Waals surface area contributed by atoms with Crippen molar-refractivity contribution in [1.82, 2.24) is 0 Å². The summed E-state index contributed by atoms with van der Waals surface area (Å²) >= 11 is 0. The maximum absolute atomic E-state index is 13.2. The summed E-state index contributed by atoms with van der Waals surface area (Å²) < 4.78 is 11.8. The molecular formula is C20H19NO5. The number of hydrogen-bond acceptors (Lipinski definition) is 4. The van der Waals surface area contributed by atoms with E-state index in [0.29, 0.717) is 35.7 Å². The molecule has 6 nitrogen and oxygen atoms in total. The van der Waals surface area contributed by atoms with Crippen molar-refractivity contribution in [2.75, 3.05) is 11.4 Å². The van der Waals surface area contributed by atoms with Crippen LogP contribution in [0.1, 0.15) is 24.8 Å². The molecule has 0 radical (unpaired) electrons. The monoisotopic (exact) mass is 353 g/mol. The van der Waals surface area contributed by atoms with Crippen molar-refractivity contribution >= 4 is 17.6 Å². The van der Waals surface area contributed by atoms with Gasteiger partial charge in [0.05, 0.1) is 5.92 Å². The molecule has 1 amide bonds. The number of carboxylic acid groups (broad SMARTS) is 1. The molecule has 2 aliphatic heterocycles. The van der Waals surface area contributed by atoms with Crippen LogP contribution in [0.2, 0.25) is 0 Å². The summed E-state index contributed by atoms with van der Waals surface area (Å²) in [5, 5.41) is 9.46. The second-order valence-corrected chi connectivity index (χ2v) is 6.54. The maximum Gasteiger partial charge on any atom is 0.311 e. The lowest BCUT2D eigenvalue weighted by Crippen LogP contribution is -2.52. The van der Waals surface area contributed by atoms with Crippen molar-refractivity contribution in [3.63, 3.8) is 0 Å². The predicted molar refractivity (Wildman–Crippen MR) is 94.7 cm³/mol. The van der Waals surface area contributed by atoms with E-state index in [9.17, 15) is 14.7 Å². The topological polar surface area (TPSA) is 76.1 Å². The highest BCUT2D eigenvalue weighted by Crippen LogP contribution is 2.38. The molecule has 6 heteroatoms. The normalized spacial score (nSPS) is 23.9. The van der Waals surface area contributed by atoms with E-state index in [1.807, 2.05) is 12.1 Å². The Labute approximate surface area is 151 Å². The molecule has 2 aliphatic rings. The van der Waals surface area contributed by atoms with Crippen LogP contribution in [0.25, 0.3) is 0 Å². The van der Waals surface area contributed by atoms with Crippen LogP contribution in [0.5, 0.6) is 11.5 Å². The van der Waals surface area contributed by atoms with Crippen molar-refractivity contribution in [2.45, 2.75) is 31.5 Å². The number of carbonyl (C=O) groups is 2. The Kier molecular flexibility index (Phi) is 4.03. The molecule has 0 saturated heterocycles. The lowest BCUT2D eigenvalue weighted by Gasteiger charge is -2.37. The van der Waals surface area contributed by atoms with Gasteiger partial charge in [-0.2, -0.15) is 0 Å². The molecule has 1 N–H and O–H groups in total. The van der Waals surface area contributed by atoms with E-state index >= 15 is 0 Å². The number of rotatable bonds is 2. The van der Waals surface area contributed by atoms with Crippen LogP contribution in [0.3, 0.4) is 0 Å². The Balaban J connectivity index is 1.65. The summed E-state index contributed by atoms with van der Waals surface area (Å²) in [4.78, 5) is 26.3. The number of ether oxygens (including phenoxy) is 2. The van der Waals surface area contributed by atoms with Gasteiger partial charge in [0.1, 0.15) is 6.10 Å². The molecule has 0 bridgehead atoms. The van der Waals surface area contributed by atoms with E-state index in [-0.39, 0.29) is 5.91 Å².